The molecule has 0 atom stereocenters. The average Bonchev–Trinajstić information content (AvgIpc) is 2.35. The zero-order valence-corrected chi connectivity index (χ0v) is 13.5. The largest absolute Gasteiger partial charge is 1.00 e. The summed E-state index contributed by atoms with van der Waals surface area (Å²) in [5, 5.41) is 16.9. The van der Waals surface area contributed by atoms with Gasteiger partial charge in [0.1, 0.15) is 0 Å². The van der Waals surface area contributed by atoms with Crippen LogP contribution in [0.5, 0.6) is 0 Å². The molecular formula is C9H16Li2N6O4S. The molecule has 0 amide bonds. The molecule has 0 aliphatic carbocycles. The van der Waals surface area contributed by atoms with Gasteiger partial charge in [0.15, 0.2) is 0 Å². The first-order chi connectivity index (χ1) is 9.44. The van der Waals surface area contributed by atoms with Gasteiger partial charge >= 0.3 is 37.7 Å². The fourth-order valence-electron chi connectivity index (χ4n) is 1.18. The second kappa shape index (κ2) is 12.0. The number of hydrogen-bond acceptors (Lipinski definition) is 10. The Morgan fingerprint density at radius 1 is 1.00 bits per heavy atom. The van der Waals surface area contributed by atoms with Crippen molar-refractivity contribution in [1.82, 2.24) is 15.0 Å². The van der Waals surface area contributed by atoms with Gasteiger partial charge in [-0.05, 0) is 0 Å². The fourth-order valence-corrected chi connectivity index (χ4v) is 1.53. The molecule has 1 heterocycles. The Balaban J connectivity index is 0. The van der Waals surface area contributed by atoms with Crippen molar-refractivity contribution in [2.75, 3.05) is 47.9 Å². The Bertz CT molecular complexity index is 533. The Kier molecular flexibility index (Phi) is 12.9. The molecule has 0 bridgehead atoms. The second-order valence-electron chi connectivity index (χ2n) is 3.57. The summed E-state index contributed by atoms with van der Waals surface area (Å²) >= 11 is 0. The van der Waals surface area contributed by atoms with Crippen molar-refractivity contribution in [3.8, 4) is 0 Å². The number of aromatic nitrogens is 3. The summed E-state index contributed by atoms with van der Waals surface area (Å²) in [6, 6.07) is 0. The second-order valence-corrected chi connectivity index (χ2v) is 5.10. The van der Waals surface area contributed by atoms with Crippen LogP contribution in [-0.2, 0) is 10.1 Å². The topological polar surface area (TPSA) is 152 Å². The van der Waals surface area contributed by atoms with Gasteiger partial charge in [-0.3, -0.25) is 0 Å². The third kappa shape index (κ3) is 10.2. The number of nitrogens with zero attached hydrogens (tertiary/aromatic N) is 3. The number of aliphatic hydroxyl groups is 1. The van der Waals surface area contributed by atoms with Gasteiger partial charge in [0, 0.05) is 13.1 Å². The minimum atomic E-state index is -4.30. The van der Waals surface area contributed by atoms with E-state index in [0.717, 1.165) is 0 Å². The van der Waals surface area contributed by atoms with E-state index >= 15 is 0 Å². The predicted molar refractivity (Wildman–Crippen MR) is 72.3 cm³/mol. The van der Waals surface area contributed by atoms with E-state index in [9.17, 15) is 13.0 Å². The van der Waals surface area contributed by atoms with Crippen molar-refractivity contribution in [3.63, 3.8) is 0 Å². The van der Waals surface area contributed by atoms with Crippen molar-refractivity contribution in [2.45, 2.75) is 0 Å². The number of rotatable bonds is 9. The van der Waals surface area contributed by atoms with Crippen LogP contribution >= 0.6 is 0 Å². The van der Waals surface area contributed by atoms with Crippen LogP contribution in [0.25, 0.3) is 0 Å². The Morgan fingerprint density at radius 2 is 1.45 bits per heavy atom. The minimum Gasteiger partial charge on any atom is -0.748 e. The molecule has 1 aromatic rings. The molecule has 0 spiro atoms. The summed E-state index contributed by atoms with van der Waals surface area (Å²) < 4.78 is 31.5. The molecule has 0 fully saturated rings. The summed E-state index contributed by atoms with van der Waals surface area (Å²) in [4.78, 5) is 11.9. The molecule has 13 heteroatoms. The van der Waals surface area contributed by atoms with Gasteiger partial charge in [-0.2, -0.15) is 15.0 Å². The summed E-state index contributed by atoms with van der Waals surface area (Å²) in [5.74, 6) is -0.0173. The molecule has 0 aliphatic rings. The van der Waals surface area contributed by atoms with E-state index in [4.69, 9.17) is 5.11 Å². The molecule has 0 saturated carbocycles. The predicted octanol–water partition coefficient (Wildman–Crippen LogP) is -7.51. The van der Waals surface area contributed by atoms with Crippen LogP contribution in [0.2, 0.25) is 0 Å². The van der Waals surface area contributed by atoms with Gasteiger partial charge < -0.3 is 32.5 Å². The maximum atomic E-state index is 10.5. The number of nitrogens with one attached hydrogen (secondary N) is 3. The van der Waals surface area contributed by atoms with Crippen LogP contribution in [0, 0.1) is 6.92 Å². The molecule has 10 nitrogen and oxygen atoms in total. The van der Waals surface area contributed by atoms with Crippen molar-refractivity contribution in [3.05, 3.63) is 6.92 Å². The molecule has 0 aromatic carbocycles. The van der Waals surface area contributed by atoms with Crippen LogP contribution in [-0.4, -0.2) is 65.0 Å². The van der Waals surface area contributed by atoms with E-state index in [1.807, 2.05) is 0 Å². The molecule has 1 aromatic heterocycles. The standard InChI is InChI=1S/C9H17N6O4S.2Li/c1-2-10-7-13-8(11-3-5-16)15-9(14-7)12-4-6-20(17,18)19;;/h16H,1-6H2,(H,17,18,19)(H3,10,11,12,13,14,15);;/q-1;2*+1/p-1. The van der Waals surface area contributed by atoms with Crippen LogP contribution in [0.15, 0.2) is 0 Å². The maximum absolute atomic E-state index is 10.5. The smallest absolute Gasteiger partial charge is 0.748 e. The fraction of sp³-hybridized carbons (Fsp3) is 0.556. The van der Waals surface area contributed by atoms with E-state index in [1.54, 1.807) is 0 Å². The summed E-state index contributed by atoms with van der Waals surface area (Å²) in [5.41, 5.74) is 0. The van der Waals surface area contributed by atoms with E-state index in [-0.39, 0.29) is 75.3 Å². The van der Waals surface area contributed by atoms with Gasteiger partial charge in [0.2, 0.25) is 17.8 Å². The Labute approximate surface area is 153 Å². The zero-order valence-electron chi connectivity index (χ0n) is 12.7. The van der Waals surface area contributed by atoms with Gasteiger partial charge in [-0.15, -0.1) is 6.54 Å². The first-order valence-electron chi connectivity index (χ1n) is 5.76. The SMILES string of the molecule is [CH2-]CNc1nc(NCCO)nc(NCCS(=O)(=O)[O-])n1.[Li+].[Li+]. The molecule has 0 unspecified atom stereocenters. The Hall–Kier alpha value is -0.525. The van der Waals surface area contributed by atoms with Crippen LogP contribution in [0.1, 0.15) is 0 Å². The summed E-state index contributed by atoms with van der Waals surface area (Å²) in [7, 11) is -4.30. The van der Waals surface area contributed by atoms with Crippen molar-refractivity contribution in [2.24, 2.45) is 0 Å². The van der Waals surface area contributed by atoms with Gasteiger partial charge in [0.25, 0.3) is 0 Å². The van der Waals surface area contributed by atoms with Gasteiger partial charge in [0.05, 0.1) is 22.5 Å². The number of aliphatic hydroxyl groups excluding tert-OH is 1. The first kappa shape index (κ1) is 23.7. The molecule has 22 heavy (non-hydrogen) atoms. The van der Waals surface area contributed by atoms with E-state index in [2.05, 4.69) is 37.8 Å². The molecule has 0 saturated heterocycles. The van der Waals surface area contributed by atoms with Crippen molar-refractivity contribution in [1.29, 1.82) is 0 Å². The molecule has 114 valence electrons. The summed E-state index contributed by atoms with van der Waals surface area (Å²) in [6.45, 7) is 3.97. The van der Waals surface area contributed by atoms with Crippen LogP contribution < -0.4 is 53.7 Å². The van der Waals surface area contributed by atoms with Gasteiger partial charge in [-0.25, -0.2) is 8.42 Å². The Morgan fingerprint density at radius 3 is 1.86 bits per heavy atom. The van der Waals surface area contributed by atoms with Crippen molar-refractivity contribution < 1.29 is 55.8 Å². The molecule has 0 radical (unpaired) electrons. The number of hydrogen-bond donors (Lipinski definition) is 4. The van der Waals surface area contributed by atoms with Crippen LogP contribution in [0.4, 0.5) is 17.8 Å². The number of anilines is 3. The third-order valence-corrected chi connectivity index (χ3v) is 2.65. The van der Waals surface area contributed by atoms with Gasteiger partial charge in [-0.1, -0.05) is 0 Å². The molecular weight excluding hydrogens is 302 g/mol. The third-order valence-electron chi connectivity index (χ3n) is 1.95. The van der Waals surface area contributed by atoms with Crippen molar-refractivity contribution >= 4 is 28.0 Å². The van der Waals surface area contributed by atoms with E-state index < -0.39 is 15.9 Å². The average molecular weight is 318 g/mol. The maximum Gasteiger partial charge on any atom is 1.00 e. The van der Waals surface area contributed by atoms with E-state index in [0.29, 0.717) is 6.54 Å². The minimum absolute atomic E-state index is 0. The van der Waals surface area contributed by atoms with E-state index in [1.165, 1.54) is 0 Å². The van der Waals surface area contributed by atoms with Crippen LogP contribution in [0.3, 0.4) is 0 Å². The molecule has 1 rings (SSSR count). The molecule has 0 aliphatic heterocycles. The zero-order chi connectivity index (χ0) is 15.0. The quantitative estimate of drug-likeness (QED) is 0.196. The monoisotopic (exact) mass is 318 g/mol. The summed E-state index contributed by atoms with van der Waals surface area (Å²) in [6.07, 6.45) is 0. The normalized spacial score (nSPS) is 10.1. The first-order valence-corrected chi connectivity index (χ1v) is 7.33. The molecule has 4 N–H and O–H groups in total.